The van der Waals surface area contributed by atoms with Gasteiger partial charge in [0.2, 0.25) is 0 Å². The van der Waals surface area contributed by atoms with Crippen molar-refractivity contribution in [3.8, 4) is 5.75 Å². The number of hydrogen-bond donors (Lipinski definition) is 2. The van der Waals surface area contributed by atoms with Gasteiger partial charge in [0.25, 0.3) is 0 Å². The third-order valence-corrected chi connectivity index (χ3v) is 8.08. The summed E-state index contributed by atoms with van der Waals surface area (Å²) >= 11 is 0. The lowest BCUT2D eigenvalue weighted by atomic mass is 9.84. The Morgan fingerprint density at radius 2 is 1.30 bits per heavy atom. The van der Waals surface area contributed by atoms with Crippen LogP contribution in [0.3, 0.4) is 0 Å². The van der Waals surface area contributed by atoms with Crippen LogP contribution in [0.15, 0.2) is 64.8 Å². The largest absolute Gasteiger partial charge is 0.491 e. The van der Waals surface area contributed by atoms with Crippen LogP contribution in [0.1, 0.15) is 97.8 Å². The van der Waals surface area contributed by atoms with Gasteiger partial charge in [0, 0.05) is 31.0 Å². The molecule has 0 amide bonds. The Balaban J connectivity index is 0.000000341. The van der Waals surface area contributed by atoms with Gasteiger partial charge in [-0.1, -0.05) is 73.1 Å². The molecule has 6 heteroatoms. The highest BCUT2D eigenvalue weighted by molar-refractivity contribution is 5.63. The molecule has 0 spiro atoms. The van der Waals surface area contributed by atoms with Crippen LogP contribution in [0.2, 0.25) is 0 Å². The third kappa shape index (κ3) is 14.7. The van der Waals surface area contributed by atoms with Gasteiger partial charge in [0.1, 0.15) is 5.75 Å². The highest BCUT2D eigenvalue weighted by Gasteiger charge is 2.17. The molecule has 0 radical (unpaired) electrons. The fourth-order valence-corrected chi connectivity index (χ4v) is 5.76. The second kappa shape index (κ2) is 17.4. The average molecular weight is 630 g/mol. The Morgan fingerprint density at radius 1 is 0.717 bits per heavy atom. The van der Waals surface area contributed by atoms with Crippen LogP contribution in [0.25, 0.3) is 0 Å². The Bertz CT molecular complexity index is 1380. The van der Waals surface area contributed by atoms with Gasteiger partial charge in [0.15, 0.2) is 0 Å². The minimum atomic E-state index is 0.339. The van der Waals surface area contributed by atoms with Crippen molar-refractivity contribution in [1.29, 1.82) is 0 Å². The molecule has 0 aliphatic rings. The van der Waals surface area contributed by atoms with Crippen molar-refractivity contribution in [2.75, 3.05) is 36.6 Å². The van der Waals surface area contributed by atoms with E-state index in [-0.39, 0.29) is 0 Å². The maximum atomic E-state index is 6.14. The van der Waals surface area contributed by atoms with Crippen molar-refractivity contribution in [3.63, 3.8) is 0 Å². The van der Waals surface area contributed by atoms with E-state index in [0.717, 1.165) is 47.1 Å². The van der Waals surface area contributed by atoms with Crippen LogP contribution < -0.4 is 21.1 Å². The van der Waals surface area contributed by atoms with E-state index in [1.165, 1.54) is 30.5 Å². The van der Waals surface area contributed by atoms with Crippen LogP contribution in [-0.4, -0.2) is 20.2 Å². The molecule has 0 saturated heterocycles. The SMILES string of the molecule is Cc1cc(N(C)CCC(C)CC(C)(C)C)ccc1N.Cc1ccc(N=Nc2cc(OCCC(C)CC(C)(C)C)c(N)cc2C)cc1. The number of hydrogen-bond acceptors (Lipinski definition) is 6. The Labute approximate surface area is 281 Å². The smallest absolute Gasteiger partial charge is 0.144 e. The molecule has 4 N–H and O–H groups in total. The molecule has 0 saturated carbocycles. The standard InChI is InChI=1S/C23H33N3O.C17H30N2/c1-16-7-9-19(10-8-16)25-26-21-14-22(20(24)13-18(21)3)27-12-11-17(2)15-23(4,5)6;1-13(12-17(3,4)5)9-10-19(6)15-7-8-16(18)14(2)11-15/h7-10,13-14,17H,11-12,15,24H2,1-6H3;7-8,11,13H,9-10,12,18H2,1-6H3. The van der Waals surface area contributed by atoms with E-state index in [0.29, 0.717) is 34.8 Å². The lowest BCUT2D eigenvalue weighted by Crippen LogP contribution is -2.22. The Hall–Kier alpha value is -3.54. The molecule has 2 atom stereocenters. The Morgan fingerprint density at radius 3 is 1.87 bits per heavy atom. The van der Waals surface area contributed by atoms with Crippen LogP contribution in [0.5, 0.6) is 5.75 Å². The number of ether oxygens (including phenoxy) is 1. The monoisotopic (exact) mass is 630 g/mol. The summed E-state index contributed by atoms with van der Waals surface area (Å²) in [4.78, 5) is 2.33. The van der Waals surface area contributed by atoms with Crippen molar-refractivity contribution in [2.24, 2.45) is 32.9 Å². The van der Waals surface area contributed by atoms with Gasteiger partial charge in [-0.2, -0.15) is 10.2 Å². The number of anilines is 3. The van der Waals surface area contributed by atoms with Gasteiger partial charge in [-0.15, -0.1) is 0 Å². The van der Waals surface area contributed by atoms with Gasteiger partial charge >= 0.3 is 0 Å². The van der Waals surface area contributed by atoms with E-state index in [9.17, 15) is 0 Å². The molecular weight excluding hydrogens is 566 g/mol. The maximum absolute atomic E-state index is 6.14. The van der Waals surface area contributed by atoms with Gasteiger partial charge in [0.05, 0.1) is 23.7 Å². The fourth-order valence-electron chi connectivity index (χ4n) is 5.76. The second-order valence-corrected chi connectivity index (χ2v) is 15.8. The molecule has 3 aromatic carbocycles. The topological polar surface area (TPSA) is 89.2 Å². The van der Waals surface area contributed by atoms with E-state index in [4.69, 9.17) is 16.2 Å². The number of rotatable bonds is 12. The van der Waals surface area contributed by atoms with Gasteiger partial charge < -0.3 is 21.1 Å². The molecule has 0 fully saturated rings. The lowest BCUT2D eigenvalue weighted by Gasteiger charge is -2.26. The van der Waals surface area contributed by atoms with E-state index >= 15 is 0 Å². The average Bonchev–Trinajstić information content (AvgIpc) is 2.93. The molecular formula is C40H63N5O. The summed E-state index contributed by atoms with van der Waals surface area (Å²) < 4.78 is 5.96. The van der Waals surface area contributed by atoms with Crippen LogP contribution in [-0.2, 0) is 0 Å². The molecule has 46 heavy (non-hydrogen) atoms. The number of nitrogens with two attached hydrogens (primary N) is 2. The van der Waals surface area contributed by atoms with Crippen molar-refractivity contribution in [2.45, 2.75) is 102 Å². The maximum Gasteiger partial charge on any atom is 0.144 e. The number of nitrogen functional groups attached to an aromatic ring is 2. The van der Waals surface area contributed by atoms with Crippen molar-refractivity contribution < 1.29 is 4.74 Å². The lowest BCUT2D eigenvalue weighted by molar-refractivity contribution is 0.241. The number of aryl methyl sites for hydroxylation is 3. The summed E-state index contributed by atoms with van der Waals surface area (Å²) in [6.45, 7) is 26.2. The molecule has 6 nitrogen and oxygen atoms in total. The van der Waals surface area contributed by atoms with Gasteiger partial charge in [-0.05, 0) is 117 Å². The van der Waals surface area contributed by atoms with E-state index in [1.807, 2.05) is 49.4 Å². The minimum Gasteiger partial charge on any atom is -0.491 e. The minimum absolute atomic E-state index is 0.339. The summed E-state index contributed by atoms with van der Waals surface area (Å²) in [7, 11) is 2.16. The first-order chi connectivity index (χ1) is 21.3. The summed E-state index contributed by atoms with van der Waals surface area (Å²) in [5.41, 5.74) is 20.5. The molecule has 0 bridgehead atoms. The predicted molar refractivity (Wildman–Crippen MR) is 201 cm³/mol. The first-order valence-electron chi connectivity index (χ1n) is 16.9. The summed E-state index contributed by atoms with van der Waals surface area (Å²) in [6.07, 6.45) is 4.69. The zero-order valence-corrected chi connectivity index (χ0v) is 31.0. The van der Waals surface area contributed by atoms with Crippen molar-refractivity contribution in [1.82, 2.24) is 0 Å². The fraction of sp³-hybridized carbons (Fsp3) is 0.550. The van der Waals surface area contributed by atoms with Crippen LogP contribution in [0, 0.1) is 43.4 Å². The molecule has 0 aliphatic carbocycles. The molecule has 0 aromatic heterocycles. The quantitative estimate of drug-likeness (QED) is 0.154. The number of benzene rings is 3. The summed E-state index contributed by atoms with van der Waals surface area (Å²) in [6, 6.07) is 18.0. The molecule has 254 valence electrons. The van der Waals surface area contributed by atoms with Crippen LogP contribution in [0.4, 0.5) is 28.4 Å². The van der Waals surface area contributed by atoms with Crippen molar-refractivity contribution in [3.05, 3.63) is 71.3 Å². The summed E-state index contributed by atoms with van der Waals surface area (Å²) in [5, 5.41) is 8.72. The predicted octanol–water partition coefficient (Wildman–Crippen LogP) is 11.6. The Kier molecular flexibility index (Phi) is 14.6. The van der Waals surface area contributed by atoms with Crippen molar-refractivity contribution >= 4 is 28.4 Å². The molecule has 3 rings (SSSR count). The zero-order chi connectivity index (χ0) is 34.7. The number of nitrogens with zero attached hydrogens (tertiary/aromatic N) is 3. The number of azo groups is 1. The highest BCUT2D eigenvalue weighted by atomic mass is 16.5. The molecule has 2 unspecified atom stereocenters. The van der Waals surface area contributed by atoms with E-state index in [2.05, 4.69) is 104 Å². The second-order valence-electron chi connectivity index (χ2n) is 15.8. The zero-order valence-electron chi connectivity index (χ0n) is 31.0. The van der Waals surface area contributed by atoms with Crippen LogP contribution >= 0.6 is 0 Å². The normalized spacial score (nSPS) is 13.2. The third-order valence-electron chi connectivity index (χ3n) is 8.08. The summed E-state index contributed by atoms with van der Waals surface area (Å²) in [5.74, 6) is 2.05. The van der Waals surface area contributed by atoms with E-state index < -0.39 is 0 Å². The first kappa shape index (κ1) is 38.6. The van der Waals surface area contributed by atoms with E-state index in [1.54, 1.807) is 0 Å². The molecule has 3 aromatic rings. The molecule has 0 aliphatic heterocycles. The van der Waals surface area contributed by atoms with Gasteiger partial charge in [-0.3, -0.25) is 0 Å². The van der Waals surface area contributed by atoms with Gasteiger partial charge in [-0.25, -0.2) is 0 Å². The molecule has 0 heterocycles. The highest BCUT2D eigenvalue weighted by Crippen LogP contribution is 2.33. The first-order valence-corrected chi connectivity index (χ1v) is 16.9.